The van der Waals surface area contributed by atoms with Crippen molar-refractivity contribution in [2.45, 2.75) is 45.8 Å². The first-order valence-electron chi connectivity index (χ1n) is 11.2. The fourth-order valence-corrected chi connectivity index (χ4v) is 5.32. The van der Waals surface area contributed by atoms with E-state index in [0.29, 0.717) is 50.4 Å². The lowest BCUT2D eigenvalue weighted by Crippen LogP contribution is -2.39. The number of piperidine rings is 1. The second-order valence-electron chi connectivity index (χ2n) is 9.05. The third kappa shape index (κ3) is 5.37. The van der Waals surface area contributed by atoms with Gasteiger partial charge in [0.15, 0.2) is 5.78 Å². The smallest absolute Gasteiger partial charge is 0.227 e. The molecule has 9 heteroatoms. The molecule has 4 rings (SSSR count). The first kappa shape index (κ1) is 23.7. The molecule has 1 fully saturated rings. The van der Waals surface area contributed by atoms with Crippen LogP contribution in [0.1, 0.15) is 60.0 Å². The van der Waals surface area contributed by atoms with E-state index in [-0.39, 0.29) is 28.9 Å². The van der Waals surface area contributed by atoms with Crippen LogP contribution in [0.4, 0.5) is 0 Å². The Bertz CT molecular complexity index is 1200. The molecule has 2 aliphatic rings. The quantitative estimate of drug-likeness (QED) is 0.569. The van der Waals surface area contributed by atoms with Crippen LogP contribution in [-0.4, -0.2) is 49.4 Å². The van der Waals surface area contributed by atoms with Crippen LogP contribution in [0.25, 0.3) is 0 Å². The molecule has 1 aromatic heterocycles. The lowest BCUT2D eigenvalue weighted by molar-refractivity contribution is 0.101. The van der Waals surface area contributed by atoms with Crippen molar-refractivity contribution < 1.29 is 22.4 Å². The maximum Gasteiger partial charge on any atom is 0.227 e. The lowest BCUT2D eigenvalue weighted by Gasteiger charge is -2.29. The van der Waals surface area contributed by atoms with Gasteiger partial charge in [-0.3, -0.25) is 14.5 Å². The number of fused-ring (bicyclic) bond motifs is 1. The van der Waals surface area contributed by atoms with Crippen LogP contribution >= 0.6 is 0 Å². The second kappa shape index (κ2) is 9.40. The largest absolute Gasteiger partial charge is 0.486 e. The number of nitrogens with zero attached hydrogens (tertiary/aromatic N) is 2. The number of hydrogen-bond acceptors (Lipinski definition) is 7. The molecule has 3 heterocycles. The van der Waals surface area contributed by atoms with Gasteiger partial charge in [0.25, 0.3) is 0 Å². The van der Waals surface area contributed by atoms with Crippen molar-refractivity contribution in [3.63, 3.8) is 0 Å². The van der Waals surface area contributed by atoms with Crippen molar-refractivity contribution in [1.29, 1.82) is 0 Å². The van der Waals surface area contributed by atoms with Gasteiger partial charge in [0.2, 0.25) is 21.2 Å². The van der Waals surface area contributed by atoms with Gasteiger partial charge in [-0.05, 0) is 49.8 Å². The molecule has 0 radical (unpaired) electrons. The Morgan fingerprint density at radius 2 is 1.88 bits per heavy atom. The van der Waals surface area contributed by atoms with Crippen molar-refractivity contribution >= 4 is 15.8 Å². The van der Waals surface area contributed by atoms with E-state index >= 15 is 0 Å². The highest BCUT2D eigenvalue weighted by Gasteiger charge is 2.27. The first-order chi connectivity index (χ1) is 15.6. The standard InChI is InChI=1S/C24H30N2O6S/c1-16(25-12-20-5-4-19(17(2)27)10-21(20)13-25)23-11-22(28)24(15-32-23)31-14-18-6-8-26(9-7-18)33(3,29)30/h4-5,10-11,15-16,18H,6-9,12-14H2,1-3H3. The van der Waals surface area contributed by atoms with Gasteiger partial charge in [-0.15, -0.1) is 0 Å². The molecule has 0 saturated carbocycles. The summed E-state index contributed by atoms with van der Waals surface area (Å²) in [4.78, 5) is 26.5. The van der Waals surface area contributed by atoms with E-state index in [1.54, 1.807) is 6.92 Å². The average molecular weight is 475 g/mol. The Morgan fingerprint density at radius 3 is 2.52 bits per heavy atom. The van der Waals surface area contributed by atoms with Gasteiger partial charge >= 0.3 is 0 Å². The van der Waals surface area contributed by atoms with Crippen molar-refractivity contribution in [1.82, 2.24) is 9.21 Å². The molecule has 2 aromatic rings. The summed E-state index contributed by atoms with van der Waals surface area (Å²) in [5, 5.41) is 0. The number of ether oxygens (including phenoxy) is 1. The van der Waals surface area contributed by atoms with Crippen LogP contribution in [-0.2, 0) is 23.1 Å². The van der Waals surface area contributed by atoms with Crippen LogP contribution in [0.3, 0.4) is 0 Å². The summed E-state index contributed by atoms with van der Waals surface area (Å²) in [6, 6.07) is 7.16. The fraction of sp³-hybridized carbons (Fsp3) is 0.500. The number of carbonyl (C=O) groups excluding carboxylic acids is 1. The number of Topliss-reactive ketones (excluding diaryl/α,β-unsaturated/α-hetero) is 1. The summed E-state index contributed by atoms with van der Waals surface area (Å²) < 4.78 is 36.2. The Balaban J connectivity index is 1.35. The molecule has 0 spiro atoms. The molecule has 0 bridgehead atoms. The number of rotatable bonds is 7. The van der Waals surface area contributed by atoms with Gasteiger partial charge in [0.1, 0.15) is 12.0 Å². The first-order valence-corrected chi connectivity index (χ1v) is 13.0. The van der Waals surface area contributed by atoms with E-state index < -0.39 is 10.0 Å². The van der Waals surface area contributed by atoms with Crippen molar-refractivity contribution in [2.24, 2.45) is 5.92 Å². The van der Waals surface area contributed by atoms with Gasteiger partial charge < -0.3 is 9.15 Å². The summed E-state index contributed by atoms with van der Waals surface area (Å²) in [7, 11) is -3.16. The van der Waals surface area contributed by atoms with E-state index in [4.69, 9.17) is 9.15 Å². The summed E-state index contributed by atoms with van der Waals surface area (Å²) >= 11 is 0. The zero-order valence-electron chi connectivity index (χ0n) is 19.2. The number of hydrogen-bond donors (Lipinski definition) is 0. The number of ketones is 1. The normalized spacial score (nSPS) is 18.8. The predicted octanol–water partition coefficient (Wildman–Crippen LogP) is 2.97. The van der Waals surface area contributed by atoms with Crippen molar-refractivity contribution in [3.8, 4) is 5.75 Å². The lowest BCUT2D eigenvalue weighted by atomic mass is 9.99. The molecule has 1 unspecified atom stereocenters. The Labute approximate surface area is 194 Å². The Morgan fingerprint density at radius 1 is 1.18 bits per heavy atom. The van der Waals surface area contributed by atoms with Crippen molar-refractivity contribution in [3.05, 3.63) is 63.2 Å². The van der Waals surface area contributed by atoms with Crippen LogP contribution < -0.4 is 10.2 Å². The minimum absolute atomic E-state index is 0.0480. The molecule has 1 saturated heterocycles. The molecular formula is C24H30N2O6S. The minimum Gasteiger partial charge on any atom is -0.486 e. The summed E-state index contributed by atoms with van der Waals surface area (Å²) in [5.41, 5.74) is 2.78. The third-order valence-electron chi connectivity index (χ3n) is 6.65. The fourth-order valence-electron chi connectivity index (χ4n) is 4.45. The van der Waals surface area contributed by atoms with Crippen LogP contribution in [0.15, 0.2) is 39.7 Å². The summed E-state index contributed by atoms with van der Waals surface area (Å²) in [6.45, 7) is 6.28. The van der Waals surface area contributed by atoms with Crippen molar-refractivity contribution in [2.75, 3.05) is 26.0 Å². The van der Waals surface area contributed by atoms with E-state index in [0.717, 1.165) is 12.1 Å². The predicted molar refractivity (Wildman–Crippen MR) is 124 cm³/mol. The molecule has 1 aromatic carbocycles. The SMILES string of the molecule is CC(=O)c1ccc2c(c1)CN(C(C)c1cc(=O)c(OCC3CCN(S(C)(=O)=O)CC3)co1)C2. The van der Waals surface area contributed by atoms with E-state index in [1.165, 1.54) is 28.5 Å². The highest BCUT2D eigenvalue weighted by molar-refractivity contribution is 7.88. The molecule has 2 aliphatic heterocycles. The molecule has 0 amide bonds. The van der Waals surface area contributed by atoms with Crippen LogP contribution in [0.5, 0.6) is 5.75 Å². The minimum atomic E-state index is -3.16. The second-order valence-corrected chi connectivity index (χ2v) is 11.0. The molecule has 0 aliphatic carbocycles. The van der Waals surface area contributed by atoms with E-state index in [1.807, 2.05) is 25.1 Å². The maximum atomic E-state index is 12.6. The van der Waals surface area contributed by atoms with Gasteiger partial charge in [-0.1, -0.05) is 12.1 Å². The van der Waals surface area contributed by atoms with Gasteiger partial charge in [-0.25, -0.2) is 12.7 Å². The third-order valence-corrected chi connectivity index (χ3v) is 7.96. The van der Waals surface area contributed by atoms with Gasteiger partial charge in [0, 0.05) is 37.8 Å². The molecule has 8 nitrogen and oxygen atoms in total. The van der Waals surface area contributed by atoms with Gasteiger partial charge in [-0.2, -0.15) is 0 Å². The number of carbonyl (C=O) groups is 1. The Kier molecular flexibility index (Phi) is 6.74. The molecule has 178 valence electrons. The van der Waals surface area contributed by atoms with Gasteiger partial charge in [0.05, 0.1) is 18.9 Å². The Hall–Kier alpha value is -2.49. The van der Waals surface area contributed by atoms with Crippen LogP contribution in [0.2, 0.25) is 0 Å². The number of benzene rings is 1. The maximum absolute atomic E-state index is 12.6. The van der Waals surface area contributed by atoms with E-state index in [9.17, 15) is 18.0 Å². The van der Waals surface area contributed by atoms with E-state index in [2.05, 4.69) is 4.90 Å². The molecule has 1 atom stereocenters. The molecular weight excluding hydrogens is 444 g/mol. The van der Waals surface area contributed by atoms with Crippen LogP contribution in [0, 0.1) is 5.92 Å². The zero-order valence-corrected chi connectivity index (χ0v) is 20.1. The molecule has 0 N–H and O–H groups in total. The average Bonchev–Trinajstić information content (AvgIpc) is 3.20. The number of sulfonamides is 1. The molecule has 33 heavy (non-hydrogen) atoms. The topological polar surface area (TPSA) is 97.1 Å². The highest BCUT2D eigenvalue weighted by Crippen LogP contribution is 2.32. The monoisotopic (exact) mass is 474 g/mol. The summed E-state index contributed by atoms with van der Waals surface area (Å²) in [6.07, 6.45) is 4.00. The highest BCUT2D eigenvalue weighted by atomic mass is 32.2. The summed E-state index contributed by atoms with van der Waals surface area (Å²) in [5.74, 6) is 0.983. The zero-order chi connectivity index (χ0) is 23.8.